The number of thioether (sulfide) groups is 1. The van der Waals surface area contributed by atoms with Gasteiger partial charge in [-0.2, -0.15) is 11.8 Å². The van der Waals surface area contributed by atoms with Gasteiger partial charge in [-0.25, -0.2) is 0 Å². The molecule has 0 radical (unpaired) electrons. The Balaban J connectivity index is 1.63. The van der Waals surface area contributed by atoms with Gasteiger partial charge in [0, 0.05) is 12.4 Å². The Morgan fingerprint density at radius 2 is 2.40 bits per heavy atom. The van der Waals surface area contributed by atoms with Gasteiger partial charge >= 0.3 is 0 Å². The first-order valence-electron chi connectivity index (χ1n) is 7.62. The van der Waals surface area contributed by atoms with Crippen molar-refractivity contribution >= 4 is 11.8 Å². The highest BCUT2D eigenvalue weighted by Crippen LogP contribution is 2.41. The molecule has 2 aliphatic heterocycles. The van der Waals surface area contributed by atoms with Crippen molar-refractivity contribution in [1.82, 2.24) is 0 Å². The first-order chi connectivity index (χ1) is 9.67. The predicted octanol–water partition coefficient (Wildman–Crippen LogP) is 3.20. The fourth-order valence-electron chi connectivity index (χ4n) is 3.50. The van der Waals surface area contributed by atoms with Crippen molar-refractivity contribution in [3.8, 4) is 0 Å². The summed E-state index contributed by atoms with van der Waals surface area (Å²) in [5, 5.41) is 10.6. The molecule has 110 valence electrons. The first-order valence-corrected chi connectivity index (χ1v) is 8.78. The largest absolute Gasteiger partial charge is 0.392 e. The van der Waals surface area contributed by atoms with E-state index in [9.17, 15) is 5.11 Å². The van der Waals surface area contributed by atoms with Gasteiger partial charge in [-0.3, -0.25) is 0 Å². The molecule has 3 rings (SSSR count). The van der Waals surface area contributed by atoms with Crippen molar-refractivity contribution < 1.29 is 9.84 Å². The minimum Gasteiger partial charge on any atom is -0.392 e. The summed E-state index contributed by atoms with van der Waals surface area (Å²) in [6.07, 6.45) is 3.73. The van der Waals surface area contributed by atoms with E-state index in [-0.39, 0.29) is 11.7 Å². The summed E-state index contributed by atoms with van der Waals surface area (Å²) in [7, 11) is 0. The molecule has 2 saturated heterocycles. The standard InChI is InChI=1S/C17H24O2S/c1-13-3-2-4-14(9-13)10-16(18)15-5-7-19-17(11-15)6-8-20-12-17/h2-4,9,15-16,18H,5-8,10-12H2,1H3. The second kappa shape index (κ2) is 6.08. The van der Waals surface area contributed by atoms with E-state index in [0.29, 0.717) is 5.92 Å². The van der Waals surface area contributed by atoms with E-state index in [4.69, 9.17) is 4.74 Å². The number of ether oxygens (including phenoxy) is 1. The Labute approximate surface area is 125 Å². The van der Waals surface area contributed by atoms with Crippen molar-refractivity contribution in [1.29, 1.82) is 0 Å². The molecule has 2 heterocycles. The van der Waals surface area contributed by atoms with Gasteiger partial charge in [0.25, 0.3) is 0 Å². The highest BCUT2D eigenvalue weighted by Gasteiger charge is 2.42. The lowest BCUT2D eigenvalue weighted by molar-refractivity contribution is -0.101. The number of rotatable bonds is 3. The summed E-state index contributed by atoms with van der Waals surface area (Å²) in [5.74, 6) is 2.71. The zero-order valence-electron chi connectivity index (χ0n) is 12.2. The summed E-state index contributed by atoms with van der Waals surface area (Å²) in [6, 6.07) is 8.49. The average molecular weight is 292 g/mol. The van der Waals surface area contributed by atoms with Gasteiger partial charge < -0.3 is 9.84 Å². The molecule has 1 aromatic carbocycles. The van der Waals surface area contributed by atoms with E-state index in [1.54, 1.807) is 0 Å². The van der Waals surface area contributed by atoms with Crippen LogP contribution in [0.4, 0.5) is 0 Å². The summed E-state index contributed by atoms with van der Waals surface area (Å²) >= 11 is 1.99. The van der Waals surface area contributed by atoms with E-state index in [1.807, 2.05) is 11.8 Å². The quantitative estimate of drug-likeness (QED) is 0.927. The lowest BCUT2D eigenvalue weighted by atomic mass is 9.80. The van der Waals surface area contributed by atoms with E-state index in [2.05, 4.69) is 31.2 Å². The van der Waals surface area contributed by atoms with Crippen LogP contribution < -0.4 is 0 Å². The van der Waals surface area contributed by atoms with Gasteiger partial charge in [0.2, 0.25) is 0 Å². The molecule has 0 amide bonds. The van der Waals surface area contributed by atoms with E-state index < -0.39 is 0 Å². The molecule has 20 heavy (non-hydrogen) atoms. The van der Waals surface area contributed by atoms with Crippen LogP contribution in [0.3, 0.4) is 0 Å². The monoisotopic (exact) mass is 292 g/mol. The van der Waals surface area contributed by atoms with Crippen molar-refractivity contribution in [3.63, 3.8) is 0 Å². The molecule has 3 unspecified atom stereocenters. The predicted molar refractivity (Wildman–Crippen MR) is 84.2 cm³/mol. The van der Waals surface area contributed by atoms with Gasteiger partial charge in [0.15, 0.2) is 0 Å². The molecular formula is C17H24O2S. The van der Waals surface area contributed by atoms with Crippen molar-refractivity contribution in [2.45, 2.75) is 44.3 Å². The van der Waals surface area contributed by atoms with Crippen molar-refractivity contribution in [2.24, 2.45) is 5.92 Å². The van der Waals surface area contributed by atoms with Crippen LogP contribution in [-0.4, -0.2) is 34.9 Å². The Kier molecular flexibility index (Phi) is 4.39. The normalized spacial score (nSPS) is 31.6. The van der Waals surface area contributed by atoms with E-state index in [0.717, 1.165) is 38.0 Å². The maximum atomic E-state index is 10.6. The molecule has 1 spiro atoms. The first kappa shape index (κ1) is 14.4. The van der Waals surface area contributed by atoms with Crippen LogP contribution in [0, 0.1) is 12.8 Å². The SMILES string of the molecule is Cc1cccc(CC(O)C2CCOC3(CCSC3)C2)c1. The molecule has 0 saturated carbocycles. The van der Waals surface area contributed by atoms with Crippen molar-refractivity contribution in [3.05, 3.63) is 35.4 Å². The lowest BCUT2D eigenvalue weighted by Crippen LogP contribution is -2.43. The fraction of sp³-hybridized carbons (Fsp3) is 0.647. The fourth-order valence-corrected chi connectivity index (χ4v) is 4.88. The van der Waals surface area contributed by atoms with Crippen LogP contribution in [0.15, 0.2) is 24.3 Å². The zero-order chi connectivity index (χ0) is 14.0. The smallest absolute Gasteiger partial charge is 0.0783 e. The molecule has 1 N–H and O–H groups in total. The van der Waals surface area contributed by atoms with Crippen LogP contribution in [0.2, 0.25) is 0 Å². The summed E-state index contributed by atoms with van der Waals surface area (Å²) in [6.45, 7) is 2.92. The van der Waals surface area contributed by atoms with Crippen LogP contribution in [0.25, 0.3) is 0 Å². The molecule has 2 aliphatic rings. The Hall–Kier alpha value is -0.510. The van der Waals surface area contributed by atoms with Crippen LogP contribution in [-0.2, 0) is 11.2 Å². The highest BCUT2D eigenvalue weighted by molar-refractivity contribution is 7.99. The molecule has 0 bridgehead atoms. The maximum Gasteiger partial charge on any atom is 0.0783 e. The van der Waals surface area contributed by atoms with Crippen LogP contribution >= 0.6 is 11.8 Å². The number of hydrogen-bond donors (Lipinski definition) is 1. The van der Waals surface area contributed by atoms with Crippen molar-refractivity contribution in [2.75, 3.05) is 18.1 Å². The highest BCUT2D eigenvalue weighted by atomic mass is 32.2. The third kappa shape index (κ3) is 3.21. The summed E-state index contributed by atoms with van der Waals surface area (Å²) < 4.78 is 6.04. The maximum absolute atomic E-state index is 10.6. The topological polar surface area (TPSA) is 29.5 Å². The van der Waals surface area contributed by atoms with Gasteiger partial charge in [-0.15, -0.1) is 0 Å². The minimum absolute atomic E-state index is 0.0706. The van der Waals surface area contributed by atoms with Gasteiger partial charge in [0.1, 0.15) is 0 Å². The third-order valence-corrected chi connectivity index (χ3v) is 5.89. The summed E-state index contributed by atoms with van der Waals surface area (Å²) in [4.78, 5) is 0. The average Bonchev–Trinajstić information content (AvgIpc) is 2.87. The number of aliphatic hydroxyl groups is 1. The molecule has 3 atom stereocenters. The molecular weight excluding hydrogens is 268 g/mol. The van der Waals surface area contributed by atoms with Crippen LogP contribution in [0.1, 0.15) is 30.4 Å². The lowest BCUT2D eigenvalue weighted by Gasteiger charge is -2.39. The molecule has 0 aromatic heterocycles. The van der Waals surface area contributed by atoms with Gasteiger partial charge in [0.05, 0.1) is 11.7 Å². The second-order valence-electron chi connectivity index (χ2n) is 6.35. The number of aliphatic hydroxyl groups excluding tert-OH is 1. The number of benzene rings is 1. The summed E-state index contributed by atoms with van der Waals surface area (Å²) in [5.41, 5.74) is 2.59. The molecule has 1 aromatic rings. The van der Waals surface area contributed by atoms with Gasteiger partial charge in [-0.05, 0) is 49.8 Å². The Bertz CT molecular complexity index is 454. The molecule has 2 nitrogen and oxygen atoms in total. The second-order valence-corrected chi connectivity index (χ2v) is 7.45. The minimum atomic E-state index is -0.233. The molecule has 3 heteroatoms. The molecule has 0 aliphatic carbocycles. The Morgan fingerprint density at radius 3 is 3.15 bits per heavy atom. The van der Waals surface area contributed by atoms with Crippen LogP contribution in [0.5, 0.6) is 0 Å². The Morgan fingerprint density at radius 1 is 1.50 bits per heavy atom. The van der Waals surface area contributed by atoms with Gasteiger partial charge in [-0.1, -0.05) is 29.8 Å². The number of aryl methyl sites for hydroxylation is 1. The number of hydrogen-bond acceptors (Lipinski definition) is 3. The zero-order valence-corrected chi connectivity index (χ0v) is 13.0. The van der Waals surface area contributed by atoms with E-state index >= 15 is 0 Å². The molecule has 2 fully saturated rings. The third-order valence-electron chi connectivity index (χ3n) is 4.67. The van der Waals surface area contributed by atoms with E-state index in [1.165, 1.54) is 16.9 Å².